The molecular weight excluding hydrogens is 396 g/mol. The Bertz CT molecular complexity index is 882. The van der Waals surface area contributed by atoms with Gasteiger partial charge in [-0.3, -0.25) is 0 Å². The summed E-state index contributed by atoms with van der Waals surface area (Å²) in [6, 6.07) is 7.77. The van der Waals surface area contributed by atoms with Gasteiger partial charge in [0.15, 0.2) is 0 Å². The minimum Gasteiger partial charge on any atom is -0.497 e. The molecule has 0 saturated heterocycles. The van der Waals surface area contributed by atoms with Gasteiger partial charge in [0, 0.05) is 11.5 Å². The van der Waals surface area contributed by atoms with Gasteiger partial charge in [-0.2, -0.15) is 0 Å². The summed E-state index contributed by atoms with van der Waals surface area (Å²) in [6.07, 6.45) is 10.0. The number of ether oxygens (including phenoxy) is 1. The fourth-order valence-corrected chi connectivity index (χ4v) is 8.73. The van der Waals surface area contributed by atoms with E-state index in [1.54, 1.807) is 7.11 Å². The Hall–Kier alpha value is -1.50. The van der Waals surface area contributed by atoms with Gasteiger partial charge in [0.2, 0.25) is 0 Å². The molecule has 3 unspecified atom stereocenters. The van der Waals surface area contributed by atoms with E-state index < -0.39 is 6.10 Å². The minimum absolute atomic E-state index is 0.0752. The van der Waals surface area contributed by atoms with E-state index in [-0.39, 0.29) is 17.4 Å². The van der Waals surface area contributed by atoms with E-state index in [2.05, 4.69) is 25.7 Å². The zero-order valence-electron chi connectivity index (χ0n) is 20.0. The minimum atomic E-state index is -0.555. The Morgan fingerprint density at radius 3 is 2.41 bits per heavy atom. The van der Waals surface area contributed by atoms with Gasteiger partial charge >= 0.3 is 0 Å². The second kappa shape index (κ2) is 8.37. The summed E-state index contributed by atoms with van der Waals surface area (Å²) in [5.41, 5.74) is 1.54. The van der Waals surface area contributed by atoms with Gasteiger partial charge in [-0.15, -0.1) is 0 Å². The molecule has 3 nitrogen and oxygen atoms in total. The van der Waals surface area contributed by atoms with Crippen LogP contribution in [0.4, 0.5) is 0 Å². The van der Waals surface area contributed by atoms with E-state index in [0.717, 1.165) is 42.4 Å². The summed E-state index contributed by atoms with van der Waals surface area (Å²) < 4.78 is 5.23. The summed E-state index contributed by atoms with van der Waals surface area (Å²) in [5, 5.41) is 21.4. The van der Waals surface area contributed by atoms with Crippen LogP contribution in [0, 0.1) is 52.3 Å². The Labute approximate surface area is 194 Å². The van der Waals surface area contributed by atoms with Crippen LogP contribution in [-0.4, -0.2) is 29.5 Å². The van der Waals surface area contributed by atoms with Gasteiger partial charge in [0.05, 0.1) is 13.2 Å². The second-order valence-electron chi connectivity index (χ2n) is 11.8. The molecule has 2 N–H and O–H groups in total. The zero-order valence-corrected chi connectivity index (χ0v) is 20.0. The van der Waals surface area contributed by atoms with Crippen molar-refractivity contribution >= 4 is 0 Å². The van der Waals surface area contributed by atoms with Crippen LogP contribution < -0.4 is 4.74 Å². The summed E-state index contributed by atoms with van der Waals surface area (Å²) in [5.74, 6) is 10.5. The monoisotopic (exact) mass is 436 g/mol. The molecule has 0 aromatic heterocycles. The lowest BCUT2D eigenvalue weighted by atomic mass is 9.44. The van der Waals surface area contributed by atoms with Crippen molar-refractivity contribution in [3.05, 3.63) is 29.8 Å². The maximum atomic E-state index is 11.2. The maximum absolute atomic E-state index is 11.2. The number of aliphatic hydroxyl groups excluding tert-OH is 2. The predicted octanol–water partition coefficient (Wildman–Crippen LogP) is 5.43. The van der Waals surface area contributed by atoms with E-state index in [9.17, 15) is 10.2 Å². The molecule has 0 radical (unpaired) electrons. The molecule has 1 aromatic carbocycles. The zero-order chi connectivity index (χ0) is 22.5. The summed E-state index contributed by atoms with van der Waals surface area (Å²) in [6.45, 7) is 5.01. The molecule has 4 fully saturated rings. The Morgan fingerprint density at radius 1 is 0.938 bits per heavy atom. The van der Waals surface area contributed by atoms with Gasteiger partial charge in [-0.05, 0) is 117 Å². The highest BCUT2D eigenvalue weighted by atomic mass is 16.5. The normalized spacial score (nSPS) is 43.8. The standard InChI is InChI=1S/C29H40O3/c1-28-16-14-21(30)18-20(28)7-10-23-24-11-12-26(29(24,2)17-15-25(23)28)27(31)13-6-19-4-8-22(32-3)9-5-19/h4-5,8-9,20-21,23-27,30-31H,7,10-12,14-18H2,1-3H3/t20-,21+,23?,24?,25?,26+,27-,28-,29-/m0/s1. The van der Waals surface area contributed by atoms with Crippen LogP contribution in [0.2, 0.25) is 0 Å². The second-order valence-corrected chi connectivity index (χ2v) is 11.8. The Balaban J connectivity index is 1.32. The van der Waals surface area contributed by atoms with Gasteiger partial charge in [0.25, 0.3) is 0 Å². The number of methoxy groups -OCH3 is 1. The van der Waals surface area contributed by atoms with Crippen LogP contribution in [0.25, 0.3) is 0 Å². The molecule has 0 spiro atoms. The van der Waals surface area contributed by atoms with Crippen LogP contribution in [0.5, 0.6) is 5.75 Å². The number of aliphatic hydroxyl groups is 2. The Morgan fingerprint density at radius 2 is 1.66 bits per heavy atom. The van der Waals surface area contributed by atoms with Crippen molar-refractivity contribution in [3.63, 3.8) is 0 Å². The van der Waals surface area contributed by atoms with Crippen molar-refractivity contribution in [1.82, 2.24) is 0 Å². The van der Waals surface area contributed by atoms with Crippen LogP contribution in [-0.2, 0) is 0 Å². The summed E-state index contributed by atoms with van der Waals surface area (Å²) in [4.78, 5) is 0. The molecule has 4 aliphatic rings. The highest BCUT2D eigenvalue weighted by Gasteiger charge is 2.60. The van der Waals surface area contributed by atoms with Crippen LogP contribution in [0.1, 0.15) is 77.2 Å². The van der Waals surface area contributed by atoms with Crippen molar-refractivity contribution in [1.29, 1.82) is 0 Å². The molecular formula is C29H40O3. The summed E-state index contributed by atoms with van der Waals surface area (Å²) >= 11 is 0. The Kier molecular flexibility index (Phi) is 5.83. The van der Waals surface area contributed by atoms with Crippen molar-refractivity contribution in [2.75, 3.05) is 7.11 Å². The molecule has 3 heteroatoms. The number of fused-ring (bicyclic) bond motifs is 5. The highest BCUT2D eigenvalue weighted by Crippen LogP contribution is 2.67. The van der Waals surface area contributed by atoms with Crippen LogP contribution >= 0.6 is 0 Å². The van der Waals surface area contributed by atoms with Gasteiger partial charge in [0.1, 0.15) is 11.9 Å². The molecule has 32 heavy (non-hydrogen) atoms. The van der Waals surface area contributed by atoms with Gasteiger partial charge < -0.3 is 14.9 Å². The molecule has 0 aliphatic heterocycles. The molecule has 4 aliphatic carbocycles. The van der Waals surface area contributed by atoms with Crippen molar-refractivity contribution in [2.45, 2.75) is 83.8 Å². The van der Waals surface area contributed by atoms with Crippen molar-refractivity contribution < 1.29 is 14.9 Å². The largest absolute Gasteiger partial charge is 0.497 e. The van der Waals surface area contributed by atoms with E-state index >= 15 is 0 Å². The lowest BCUT2D eigenvalue weighted by molar-refractivity contribution is -0.130. The molecule has 0 bridgehead atoms. The predicted molar refractivity (Wildman–Crippen MR) is 127 cm³/mol. The maximum Gasteiger partial charge on any atom is 0.118 e. The summed E-state index contributed by atoms with van der Waals surface area (Å²) in [7, 11) is 1.67. The third kappa shape index (κ3) is 3.59. The van der Waals surface area contributed by atoms with Crippen LogP contribution in [0.15, 0.2) is 24.3 Å². The number of benzene rings is 1. The molecule has 9 atom stereocenters. The molecule has 1 aromatic rings. The van der Waals surface area contributed by atoms with Gasteiger partial charge in [-0.1, -0.05) is 25.7 Å². The topological polar surface area (TPSA) is 49.7 Å². The fraction of sp³-hybridized carbons (Fsp3) is 0.724. The van der Waals surface area contributed by atoms with E-state index in [1.165, 1.54) is 38.5 Å². The first-order valence-electron chi connectivity index (χ1n) is 12.9. The van der Waals surface area contributed by atoms with E-state index in [0.29, 0.717) is 17.3 Å². The average molecular weight is 437 g/mol. The van der Waals surface area contributed by atoms with Crippen LogP contribution in [0.3, 0.4) is 0 Å². The smallest absolute Gasteiger partial charge is 0.118 e. The van der Waals surface area contributed by atoms with Crippen molar-refractivity contribution in [2.24, 2.45) is 40.4 Å². The average Bonchev–Trinajstić information content (AvgIpc) is 3.15. The van der Waals surface area contributed by atoms with Crippen molar-refractivity contribution in [3.8, 4) is 17.6 Å². The fourth-order valence-electron chi connectivity index (χ4n) is 8.73. The lowest BCUT2D eigenvalue weighted by Crippen LogP contribution is -2.54. The number of hydrogen-bond acceptors (Lipinski definition) is 3. The molecule has 0 amide bonds. The SMILES string of the molecule is COc1ccc(C#C[C@H](O)[C@H]2CCC3C4CC[C@H]5C[C@H](O)CC[C@]5(C)C4CC[C@@]32C)cc1. The van der Waals surface area contributed by atoms with Gasteiger partial charge in [-0.25, -0.2) is 0 Å². The molecule has 174 valence electrons. The quantitative estimate of drug-likeness (QED) is 0.608. The third-order valence-corrected chi connectivity index (χ3v) is 10.5. The molecule has 5 rings (SSSR count). The highest BCUT2D eigenvalue weighted by molar-refractivity contribution is 5.39. The van der Waals surface area contributed by atoms with E-state index in [1.807, 2.05) is 24.3 Å². The number of rotatable bonds is 2. The lowest BCUT2D eigenvalue weighted by Gasteiger charge is -2.61. The van der Waals surface area contributed by atoms with E-state index in [4.69, 9.17) is 4.74 Å². The molecule has 0 heterocycles. The number of hydrogen-bond donors (Lipinski definition) is 2. The first-order valence-corrected chi connectivity index (χ1v) is 12.9. The first-order chi connectivity index (χ1) is 15.3. The third-order valence-electron chi connectivity index (χ3n) is 10.5. The first kappa shape index (κ1) is 22.3. The molecule has 4 saturated carbocycles.